The number of nitrogens with two attached hydrogens (primary N) is 1. The third-order valence-corrected chi connectivity index (χ3v) is 11.6. The molecule has 0 saturated heterocycles. The number of amides is 7. The summed E-state index contributed by atoms with van der Waals surface area (Å²) in [6, 6.07) is 0.108. The van der Waals surface area contributed by atoms with Gasteiger partial charge in [-0.3, -0.25) is 38.5 Å². The second-order valence-corrected chi connectivity index (χ2v) is 17.2. The van der Waals surface area contributed by atoms with E-state index in [0.717, 1.165) is 31.4 Å². The van der Waals surface area contributed by atoms with E-state index in [1.807, 2.05) is 13.8 Å². The van der Waals surface area contributed by atoms with Crippen molar-refractivity contribution >= 4 is 63.0 Å². The lowest BCUT2D eigenvalue weighted by Gasteiger charge is -2.32. The number of carbonyl (C=O) groups excluding carboxylic acids is 7. The maximum atomic E-state index is 14.5. The molecule has 1 aromatic carbocycles. The van der Waals surface area contributed by atoms with Gasteiger partial charge in [-0.25, -0.2) is 23.0 Å². The second-order valence-electron chi connectivity index (χ2n) is 15.1. The van der Waals surface area contributed by atoms with E-state index in [1.54, 1.807) is 25.5 Å². The molecule has 0 aliphatic heterocycles. The fourth-order valence-corrected chi connectivity index (χ4v) is 7.70. The van der Waals surface area contributed by atoms with Crippen molar-refractivity contribution < 1.29 is 42.0 Å². The standard InChI is InChI=1S/C39H55ClN8O9S/c1-6-24(5)33(46-34(50)29(18-23(3)4)44-35(51)31-22-42-16-17-43-31)36(52)45-30(19-25-12-9-8-10-13-25)38(54)48(32(49)21-27(41)7-2)39(55)37(53)47-58(56,57)28-15-11-14-26(40)20-28/h11,14-17,20,22-25,27,29-30,33H,6-10,12-13,18-19,21,41H2,1-5H3,(H,44,51)(H,45,52)(H,46,50)(H,47,53)/t24-,27?,29-,30-,33-/m0/s1. The summed E-state index contributed by atoms with van der Waals surface area (Å²) < 4.78 is 27.7. The number of carbonyl (C=O) groups is 7. The number of aromatic nitrogens is 2. The molecular weight excluding hydrogens is 792 g/mol. The molecule has 58 heavy (non-hydrogen) atoms. The first kappa shape index (κ1) is 47.6. The van der Waals surface area contributed by atoms with Crippen molar-refractivity contribution in [2.45, 2.75) is 128 Å². The SMILES string of the molecule is CCC(N)CC(=O)N(C(=O)C(=O)NS(=O)(=O)c1cccc(Cl)c1)C(=O)[C@H](CC1CCCCC1)NC(=O)[C@@H](NC(=O)[C@H](CC(C)C)NC(=O)c1cnccn1)[C@@H](C)CC. The van der Waals surface area contributed by atoms with E-state index in [1.165, 1.54) is 30.7 Å². The molecule has 1 saturated carbocycles. The number of nitrogens with one attached hydrogen (secondary N) is 4. The fraction of sp³-hybridized carbons (Fsp3) is 0.564. The molecule has 1 aliphatic rings. The van der Waals surface area contributed by atoms with Gasteiger partial charge in [-0.05, 0) is 55.2 Å². The van der Waals surface area contributed by atoms with Gasteiger partial charge in [0.05, 0.1) is 11.1 Å². The van der Waals surface area contributed by atoms with Crippen LogP contribution < -0.4 is 26.4 Å². The Labute approximate surface area is 344 Å². The van der Waals surface area contributed by atoms with Crippen LogP contribution in [0.15, 0.2) is 47.8 Å². The molecule has 1 unspecified atom stereocenters. The topological polar surface area (TPSA) is 257 Å². The first-order valence-electron chi connectivity index (χ1n) is 19.5. The van der Waals surface area contributed by atoms with E-state index in [2.05, 4.69) is 25.9 Å². The first-order chi connectivity index (χ1) is 27.4. The molecule has 318 valence electrons. The summed E-state index contributed by atoms with van der Waals surface area (Å²) in [6.45, 7) is 8.86. The molecule has 2 aromatic rings. The van der Waals surface area contributed by atoms with Crippen molar-refractivity contribution in [3.63, 3.8) is 0 Å². The zero-order valence-electron chi connectivity index (χ0n) is 33.5. The maximum absolute atomic E-state index is 14.5. The van der Waals surface area contributed by atoms with Gasteiger partial charge < -0.3 is 21.7 Å². The normalized spacial score (nSPS) is 15.9. The molecule has 19 heteroatoms. The molecule has 5 atom stereocenters. The molecule has 6 N–H and O–H groups in total. The molecule has 1 heterocycles. The van der Waals surface area contributed by atoms with Crippen LogP contribution in [0.3, 0.4) is 0 Å². The van der Waals surface area contributed by atoms with Gasteiger partial charge in [0.15, 0.2) is 0 Å². The predicted molar refractivity (Wildman–Crippen MR) is 214 cm³/mol. The molecule has 0 spiro atoms. The molecule has 17 nitrogen and oxygen atoms in total. The van der Waals surface area contributed by atoms with Crippen LogP contribution in [0.1, 0.15) is 109 Å². The minimum atomic E-state index is -4.70. The van der Waals surface area contributed by atoms with Gasteiger partial charge in [0.1, 0.15) is 23.8 Å². The molecule has 1 aliphatic carbocycles. The third kappa shape index (κ3) is 13.9. The van der Waals surface area contributed by atoms with Crippen LogP contribution in [0.25, 0.3) is 0 Å². The number of nitrogens with zero attached hydrogens (tertiary/aromatic N) is 3. The van der Waals surface area contributed by atoms with Crippen molar-refractivity contribution in [3.8, 4) is 0 Å². The van der Waals surface area contributed by atoms with Gasteiger partial charge in [-0.2, -0.15) is 0 Å². The first-order valence-corrected chi connectivity index (χ1v) is 21.4. The van der Waals surface area contributed by atoms with Crippen molar-refractivity contribution in [2.24, 2.45) is 23.5 Å². The van der Waals surface area contributed by atoms with E-state index in [0.29, 0.717) is 19.3 Å². The number of hydrogen-bond donors (Lipinski definition) is 5. The minimum Gasteiger partial charge on any atom is -0.342 e. The highest BCUT2D eigenvalue weighted by molar-refractivity contribution is 7.90. The minimum absolute atomic E-state index is 0.0198. The highest BCUT2D eigenvalue weighted by Crippen LogP contribution is 2.28. The Morgan fingerprint density at radius 2 is 1.60 bits per heavy atom. The predicted octanol–water partition coefficient (Wildman–Crippen LogP) is 2.77. The van der Waals surface area contributed by atoms with Gasteiger partial charge in [-0.15, -0.1) is 0 Å². The number of halogens is 1. The summed E-state index contributed by atoms with van der Waals surface area (Å²) in [7, 11) is -4.70. The van der Waals surface area contributed by atoms with E-state index >= 15 is 0 Å². The van der Waals surface area contributed by atoms with Crippen molar-refractivity contribution in [3.05, 3.63) is 53.6 Å². The molecular formula is C39H55ClN8O9S. The molecule has 0 radical (unpaired) electrons. The lowest BCUT2D eigenvalue weighted by atomic mass is 9.84. The highest BCUT2D eigenvalue weighted by Gasteiger charge is 2.41. The highest BCUT2D eigenvalue weighted by atomic mass is 35.5. The van der Waals surface area contributed by atoms with Crippen molar-refractivity contribution in [1.29, 1.82) is 0 Å². The Morgan fingerprint density at radius 1 is 0.914 bits per heavy atom. The Morgan fingerprint density at radius 3 is 2.19 bits per heavy atom. The van der Waals surface area contributed by atoms with Gasteiger partial charge in [0.2, 0.25) is 17.7 Å². The van der Waals surface area contributed by atoms with E-state index < -0.39 is 92.8 Å². The fourth-order valence-electron chi connectivity index (χ4n) is 6.46. The monoisotopic (exact) mass is 846 g/mol. The van der Waals surface area contributed by atoms with Crippen LogP contribution in [-0.2, 0) is 38.8 Å². The van der Waals surface area contributed by atoms with Crippen LogP contribution >= 0.6 is 11.6 Å². The Hall–Kier alpha value is -4.81. The number of rotatable bonds is 18. The quantitative estimate of drug-likeness (QED) is 0.136. The molecule has 1 aromatic heterocycles. The van der Waals surface area contributed by atoms with Crippen LogP contribution in [0.4, 0.5) is 0 Å². The van der Waals surface area contributed by atoms with Gasteiger partial charge in [0, 0.05) is 29.9 Å². The number of benzene rings is 1. The number of hydrogen-bond acceptors (Lipinski definition) is 12. The number of imide groups is 3. The zero-order valence-corrected chi connectivity index (χ0v) is 35.1. The summed E-state index contributed by atoms with van der Waals surface area (Å²) in [4.78, 5) is 104. The smallest absolute Gasteiger partial charge is 0.326 e. The second kappa shape index (κ2) is 22.4. The molecule has 1 fully saturated rings. The Kier molecular flexibility index (Phi) is 18.3. The van der Waals surface area contributed by atoms with E-state index in [-0.39, 0.29) is 46.7 Å². The summed E-state index contributed by atoms with van der Waals surface area (Å²) in [6.07, 6.45) is 8.19. The van der Waals surface area contributed by atoms with E-state index in [4.69, 9.17) is 17.3 Å². The van der Waals surface area contributed by atoms with Crippen LogP contribution in [0, 0.1) is 17.8 Å². The molecule has 7 amide bonds. The average Bonchev–Trinajstić information content (AvgIpc) is 3.19. The summed E-state index contributed by atoms with van der Waals surface area (Å²) >= 11 is 5.93. The summed E-state index contributed by atoms with van der Waals surface area (Å²) in [5.74, 6) is -8.92. The van der Waals surface area contributed by atoms with E-state index in [9.17, 15) is 42.0 Å². The largest absolute Gasteiger partial charge is 0.342 e. The zero-order chi connectivity index (χ0) is 43.2. The Bertz CT molecular complexity index is 1890. The van der Waals surface area contributed by atoms with Crippen LogP contribution in [0.5, 0.6) is 0 Å². The van der Waals surface area contributed by atoms with Gasteiger partial charge in [0.25, 0.3) is 21.8 Å². The maximum Gasteiger partial charge on any atom is 0.326 e. The van der Waals surface area contributed by atoms with Gasteiger partial charge in [-0.1, -0.05) is 90.8 Å². The lowest BCUT2D eigenvalue weighted by molar-refractivity contribution is -0.160. The number of sulfonamides is 1. The van der Waals surface area contributed by atoms with Crippen molar-refractivity contribution in [2.75, 3.05) is 0 Å². The van der Waals surface area contributed by atoms with Crippen LogP contribution in [0.2, 0.25) is 5.02 Å². The summed E-state index contributed by atoms with van der Waals surface area (Å²) in [5.41, 5.74) is 6.00. The van der Waals surface area contributed by atoms with Gasteiger partial charge >= 0.3 is 11.8 Å². The third-order valence-electron chi connectivity index (χ3n) is 9.99. The van der Waals surface area contributed by atoms with Crippen LogP contribution in [-0.4, -0.2) is 88.8 Å². The lowest BCUT2D eigenvalue weighted by Crippen LogP contribution is -2.61. The molecule has 3 rings (SSSR count). The molecule has 0 bridgehead atoms. The van der Waals surface area contributed by atoms with Crippen molar-refractivity contribution in [1.82, 2.24) is 35.5 Å². The Balaban J connectivity index is 1.98. The summed E-state index contributed by atoms with van der Waals surface area (Å²) in [5, 5.41) is 8.08. The average molecular weight is 847 g/mol.